The van der Waals surface area contributed by atoms with Crippen LogP contribution in [0.5, 0.6) is 0 Å². The van der Waals surface area contributed by atoms with E-state index in [1.807, 2.05) is 27.7 Å². The molecular formula is C13H24N4O2S. The summed E-state index contributed by atoms with van der Waals surface area (Å²) in [5.74, 6) is 0. The normalized spacial score (nSPS) is 19.6. The maximum atomic E-state index is 12.9. The SMILES string of the molecule is CCNCc1c(S(=O)(=O)N2CCCC2(C)C)n[nH]c1C. The van der Waals surface area contributed by atoms with E-state index in [9.17, 15) is 8.42 Å². The first-order valence-electron chi connectivity index (χ1n) is 7.08. The molecule has 114 valence electrons. The Morgan fingerprint density at radius 2 is 2.15 bits per heavy atom. The lowest BCUT2D eigenvalue weighted by Crippen LogP contribution is -2.43. The lowest BCUT2D eigenvalue weighted by atomic mass is 10.0. The maximum Gasteiger partial charge on any atom is 0.263 e. The molecule has 2 N–H and O–H groups in total. The Balaban J connectivity index is 2.40. The minimum Gasteiger partial charge on any atom is -0.313 e. The van der Waals surface area contributed by atoms with Gasteiger partial charge in [-0.25, -0.2) is 8.42 Å². The third kappa shape index (κ3) is 2.62. The number of aromatic amines is 1. The molecule has 20 heavy (non-hydrogen) atoms. The van der Waals surface area contributed by atoms with Crippen LogP contribution >= 0.6 is 0 Å². The smallest absolute Gasteiger partial charge is 0.263 e. The standard InChI is InChI=1S/C13H24N4O2S/c1-5-14-9-11-10(2)15-16-12(11)20(18,19)17-8-6-7-13(17,3)4/h14H,5-9H2,1-4H3,(H,15,16). The minimum absolute atomic E-state index is 0.172. The quantitative estimate of drug-likeness (QED) is 0.861. The van der Waals surface area contributed by atoms with Gasteiger partial charge in [-0.2, -0.15) is 9.40 Å². The summed E-state index contributed by atoms with van der Waals surface area (Å²) in [6.07, 6.45) is 1.79. The summed E-state index contributed by atoms with van der Waals surface area (Å²) in [4.78, 5) is 0. The van der Waals surface area contributed by atoms with Crippen LogP contribution in [0, 0.1) is 6.92 Å². The molecule has 2 rings (SSSR count). The fourth-order valence-electron chi connectivity index (χ4n) is 2.73. The molecule has 0 saturated carbocycles. The Morgan fingerprint density at radius 3 is 2.70 bits per heavy atom. The highest BCUT2D eigenvalue weighted by atomic mass is 32.2. The second-order valence-electron chi connectivity index (χ2n) is 5.91. The molecule has 0 aromatic carbocycles. The monoisotopic (exact) mass is 300 g/mol. The zero-order valence-electron chi connectivity index (χ0n) is 12.7. The fourth-order valence-corrected chi connectivity index (χ4v) is 4.75. The van der Waals surface area contributed by atoms with E-state index < -0.39 is 10.0 Å². The Labute approximate surface area is 121 Å². The van der Waals surface area contributed by atoms with Gasteiger partial charge in [-0.15, -0.1) is 0 Å². The summed E-state index contributed by atoms with van der Waals surface area (Å²) in [6, 6.07) is 0. The van der Waals surface area contributed by atoms with Crippen molar-refractivity contribution in [1.82, 2.24) is 19.8 Å². The Hall–Kier alpha value is -0.920. The molecule has 7 heteroatoms. The molecular weight excluding hydrogens is 276 g/mol. The van der Waals surface area contributed by atoms with Gasteiger partial charge in [0.1, 0.15) is 0 Å². The molecule has 0 spiro atoms. The second-order valence-corrected chi connectivity index (χ2v) is 7.68. The van der Waals surface area contributed by atoms with Crippen LogP contribution in [0.1, 0.15) is 44.9 Å². The molecule has 2 heterocycles. The van der Waals surface area contributed by atoms with Crippen LogP contribution in [-0.4, -0.2) is 41.5 Å². The van der Waals surface area contributed by atoms with Crippen molar-refractivity contribution in [3.8, 4) is 0 Å². The summed E-state index contributed by atoms with van der Waals surface area (Å²) in [5.41, 5.74) is 1.22. The van der Waals surface area contributed by atoms with Gasteiger partial charge in [0.25, 0.3) is 10.0 Å². The summed E-state index contributed by atoms with van der Waals surface area (Å²) in [7, 11) is -3.54. The predicted octanol–water partition coefficient (Wildman–Crippen LogP) is 1.39. The average Bonchev–Trinajstić information content (AvgIpc) is 2.90. The molecule has 1 aliphatic rings. The topological polar surface area (TPSA) is 78.1 Å². The van der Waals surface area contributed by atoms with Crippen molar-refractivity contribution < 1.29 is 8.42 Å². The van der Waals surface area contributed by atoms with Crippen LogP contribution in [0.2, 0.25) is 0 Å². The second kappa shape index (κ2) is 5.46. The van der Waals surface area contributed by atoms with E-state index in [1.54, 1.807) is 4.31 Å². The molecule has 0 aliphatic carbocycles. The van der Waals surface area contributed by atoms with E-state index in [-0.39, 0.29) is 10.6 Å². The molecule has 0 amide bonds. The fraction of sp³-hybridized carbons (Fsp3) is 0.769. The number of sulfonamides is 1. The van der Waals surface area contributed by atoms with Gasteiger partial charge < -0.3 is 5.32 Å². The summed E-state index contributed by atoms with van der Waals surface area (Å²) < 4.78 is 27.3. The van der Waals surface area contributed by atoms with E-state index in [0.717, 1.165) is 30.6 Å². The van der Waals surface area contributed by atoms with Gasteiger partial charge in [-0.3, -0.25) is 5.10 Å². The lowest BCUT2D eigenvalue weighted by Gasteiger charge is -2.30. The van der Waals surface area contributed by atoms with Crippen LogP contribution in [-0.2, 0) is 16.6 Å². The van der Waals surface area contributed by atoms with Crippen LogP contribution in [0.3, 0.4) is 0 Å². The number of H-pyrrole nitrogens is 1. The number of aromatic nitrogens is 2. The molecule has 0 bridgehead atoms. The largest absolute Gasteiger partial charge is 0.313 e. The van der Waals surface area contributed by atoms with Crippen molar-refractivity contribution >= 4 is 10.0 Å². The van der Waals surface area contributed by atoms with Crippen LogP contribution in [0.4, 0.5) is 0 Å². The Morgan fingerprint density at radius 1 is 1.45 bits per heavy atom. The van der Waals surface area contributed by atoms with Gasteiger partial charge in [-0.1, -0.05) is 6.92 Å². The van der Waals surface area contributed by atoms with Gasteiger partial charge in [0.15, 0.2) is 5.03 Å². The summed E-state index contributed by atoms with van der Waals surface area (Å²) in [6.45, 7) is 9.67. The van der Waals surface area contributed by atoms with Crippen molar-refractivity contribution in [2.24, 2.45) is 0 Å². The van der Waals surface area contributed by atoms with Gasteiger partial charge >= 0.3 is 0 Å². The first kappa shape index (κ1) is 15.5. The van der Waals surface area contributed by atoms with Crippen LogP contribution in [0.15, 0.2) is 5.03 Å². The van der Waals surface area contributed by atoms with E-state index in [2.05, 4.69) is 15.5 Å². The summed E-state index contributed by atoms with van der Waals surface area (Å²) >= 11 is 0. The van der Waals surface area contributed by atoms with E-state index in [4.69, 9.17) is 0 Å². The molecule has 0 atom stereocenters. The first-order valence-corrected chi connectivity index (χ1v) is 8.52. The third-order valence-corrected chi connectivity index (χ3v) is 6.03. The Bertz CT molecular complexity index is 577. The number of nitrogens with zero attached hydrogens (tertiary/aromatic N) is 2. The highest BCUT2D eigenvalue weighted by molar-refractivity contribution is 7.89. The third-order valence-electron chi connectivity index (χ3n) is 3.95. The highest BCUT2D eigenvalue weighted by Crippen LogP contribution is 2.34. The van der Waals surface area contributed by atoms with Crippen molar-refractivity contribution in [1.29, 1.82) is 0 Å². The van der Waals surface area contributed by atoms with Crippen molar-refractivity contribution in [3.63, 3.8) is 0 Å². The predicted molar refractivity (Wildman–Crippen MR) is 77.9 cm³/mol. The first-order chi connectivity index (χ1) is 9.30. The maximum absolute atomic E-state index is 12.9. The average molecular weight is 300 g/mol. The van der Waals surface area contributed by atoms with E-state index in [0.29, 0.717) is 13.1 Å². The van der Waals surface area contributed by atoms with Crippen molar-refractivity contribution in [3.05, 3.63) is 11.3 Å². The highest BCUT2D eigenvalue weighted by Gasteiger charge is 2.42. The molecule has 6 nitrogen and oxygen atoms in total. The van der Waals surface area contributed by atoms with E-state index >= 15 is 0 Å². The van der Waals surface area contributed by atoms with E-state index in [1.165, 1.54) is 0 Å². The summed E-state index contributed by atoms with van der Waals surface area (Å²) in [5, 5.41) is 10.2. The minimum atomic E-state index is -3.54. The number of aryl methyl sites for hydroxylation is 1. The van der Waals surface area contributed by atoms with Crippen LogP contribution in [0.25, 0.3) is 0 Å². The molecule has 1 aromatic heterocycles. The van der Waals surface area contributed by atoms with Gasteiger partial charge in [0.05, 0.1) is 0 Å². The van der Waals surface area contributed by atoms with Crippen LogP contribution < -0.4 is 5.32 Å². The number of hydrogen-bond donors (Lipinski definition) is 2. The molecule has 0 unspecified atom stereocenters. The zero-order chi connectivity index (χ0) is 15.0. The van der Waals surface area contributed by atoms with Crippen molar-refractivity contribution in [2.75, 3.05) is 13.1 Å². The number of hydrogen-bond acceptors (Lipinski definition) is 4. The number of nitrogens with one attached hydrogen (secondary N) is 2. The van der Waals surface area contributed by atoms with Gasteiger partial charge in [0.2, 0.25) is 0 Å². The molecule has 1 saturated heterocycles. The van der Waals surface area contributed by atoms with Gasteiger partial charge in [-0.05, 0) is 40.2 Å². The Kier molecular flexibility index (Phi) is 4.22. The molecule has 1 aromatic rings. The zero-order valence-corrected chi connectivity index (χ0v) is 13.5. The number of rotatable bonds is 5. The molecule has 1 fully saturated rings. The van der Waals surface area contributed by atoms with Crippen molar-refractivity contribution in [2.45, 2.75) is 57.6 Å². The van der Waals surface area contributed by atoms with Gasteiger partial charge in [0, 0.05) is 29.9 Å². The molecule has 1 aliphatic heterocycles. The lowest BCUT2D eigenvalue weighted by molar-refractivity contribution is 0.290. The molecule has 0 radical (unpaired) electrons.